The molecule has 76 valence electrons. The predicted molar refractivity (Wildman–Crippen MR) is 62.3 cm³/mol. The minimum atomic E-state index is -2.61. The molecule has 2 rings (SSSR count). The zero-order valence-corrected chi connectivity index (χ0v) is 8.25. The number of hydrogen-bond acceptors (Lipinski definition) is 2. The van der Waals surface area contributed by atoms with Crippen LogP contribution in [0.1, 0.15) is 0 Å². The van der Waals surface area contributed by atoms with Gasteiger partial charge in [-0.05, 0) is 0 Å². The van der Waals surface area contributed by atoms with E-state index < -0.39 is 6.55 Å². The van der Waals surface area contributed by atoms with Crippen LogP contribution in [0.5, 0.6) is 0 Å². The first-order chi connectivity index (χ1) is 7.21. The summed E-state index contributed by atoms with van der Waals surface area (Å²) in [6.07, 6.45) is 0. The molecule has 15 heavy (non-hydrogen) atoms. The summed E-state index contributed by atoms with van der Waals surface area (Å²) < 4.78 is 0. The Hall–Kier alpha value is -1.58. The van der Waals surface area contributed by atoms with Crippen LogP contribution < -0.4 is 10.9 Å². The van der Waals surface area contributed by atoms with Gasteiger partial charge in [0.25, 0.3) is 6.55 Å². The normalized spacial score (nSPS) is 11.3. The maximum absolute atomic E-state index is 10.1. The second-order valence-electron chi connectivity index (χ2n) is 3.60. The van der Waals surface area contributed by atoms with Gasteiger partial charge in [-0.25, -0.2) is 0 Å². The summed E-state index contributed by atoms with van der Waals surface area (Å²) >= 11 is 0. The van der Waals surface area contributed by atoms with Crippen LogP contribution in [0.3, 0.4) is 0 Å². The van der Waals surface area contributed by atoms with E-state index in [-0.39, 0.29) is 0 Å². The molecule has 0 aromatic heterocycles. The first-order valence-corrected chi connectivity index (χ1v) is 4.92. The molecule has 0 saturated carbocycles. The van der Waals surface area contributed by atoms with Gasteiger partial charge in [-0.2, -0.15) is 0 Å². The zero-order chi connectivity index (χ0) is 10.7. The van der Waals surface area contributed by atoms with Crippen LogP contribution in [0, 0.1) is 0 Å². The fourth-order valence-electron chi connectivity index (χ4n) is 1.64. The summed E-state index contributed by atoms with van der Waals surface area (Å²) in [5.41, 5.74) is 1.06. The van der Waals surface area contributed by atoms with Gasteiger partial charge in [0, 0.05) is 0 Å². The molecule has 2 aromatic carbocycles. The molecule has 0 heterocycles. The van der Waals surface area contributed by atoms with E-state index >= 15 is 0 Å². The zero-order valence-electron chi connectivity index (χ0n) is 8.25. The Morgan fingerprint density at radius 1 is 0.600 bits per heavy atom. The largest absolute Gasteiger partial charge is 0.576 e. The van der Waals surface area contributed by atoms with Gasteiger partial charge >= 0.3 is 0 Å². The smallest absolute Gasteiger partial charge is 0.294 e. The van der Waals surface area contributed by atoms with Gasteiger partial charge < -0.3 is 10.0 Å². The van der Waals surface area contributed by atoms with E-state index in [2.05, 4.69) is 0 Å². The Bertz CT molecular complexity index is 384. The van der Waals surface area contributed by atoms with Crippen LogP contribution in [-0.2, 0) is 0 Å². The lowest BCUT2D eigenvalue weighted by Crippen LogP contribution is -2.59. The van der Waals surface area contributed by atoms with E-state index in [4.69, 9.17) is 0 Å². The van der Waals surface area contributed by atoms with Crippen molar-refractivity contribution in [2.45, 2.75) is 0 Å². The molecule has 2 aromatic rings. The molecule has 0 fully saturated rings. The molecule has 0 spiro atoms. The molecule has 0 bridgehead atoms. The summed E-state index contributed by atoms with van der Waals surface area (Å²) in [7, 11) is 0. The Morgan fingerprint density at radius 2 is 0.933 bits per heavy atom. The van der Waals surface area contributed by atoms with Crippen molar-refractivity contribution in [3.63, 3.8) is 0 Å². The van der Waals surface area contributed by atoms with Crippen molar-refractivity contribution in [2.24, 2.45) is 0 Å². The molecular weight excluding hydrogens is 187 g/mol. The van der Waals surface area contributed by atoms with E-state index in [0.29, 0.717) is 10.9 Å². The maximum Gasteiger partial charge on any atom is 0.294 e. The van der Waals surface area contributed by atoms with Gasteiger partial charge in [-0.1, -0.05) is 60.7 Å². The fraction of sp³-hybridized carbons (Fsp3) is 0. The first kappa shape index (κ1) is 9.96. The van der Waals surface area contributed by atoms with Crippen molar-refractivity contribution in [1.82, 2.24) is 0 Å². The summed E-state index contributed by atoms with van der Waals surface area (Å²) in [5.74, 6) is 0. The third-order valence-electron chi connectivity index (χ3n) is 2.53. The van der Waals surface area contributed by atoms with Gasteiger partial charge in [0.15, 0.2) is 0 Å². The third kappa shape index (κ3) is 1.93. The van der Waals surface area contributed by atoms with E-state index in [1.54, 1.807) is 48.5 Å². The standard InChI is InChI=1S/C12H12BO2/c14-13(15,11-7-3-1-4-8-11)12-9-5-2-6-10-12/h1-10,14-15H/q-1. The van der Waals surface area contributed by atoms with Crippen LogP contribution in [0.2, 0.25) is 0 Å². The van der Waals surface area contributed by atoms with E-state index in [9.17, 15) is 10.0 Å². The van der Waals surface area contributed by atoms with E-state index in [0.717, 1.165) is 0 Å². The van der Waals surface area contributed by atoms with E-state index in [1.165, 1.54) is 0 Å². The summed E-state index contributed by atoms with van der Waals surface area (Å²) in [6.45, 7) is -2.61. The Labute approximate surface area is 88.8 Å². The monoisotopic (exact) mass is 199 g/mol. The SMILES string of the molecule is O[B-](O)(c1ccccc1)c1ccccc1. The van der Waals surface area contributed by atoms with E-state index in [1.807, 2.05) is 12.1 Å². The third-order valence-corrected chi connectivity index (χ3v) is 2.53. The number of hydrogen-bond donors (Lipinski definition) is 2. The highest BCUT2D eigenvalue weighted by atomic mass is 16.4. The Balaban J connectivity index is 2.44. The van der Waals surface area contributed by atoms with Gasteiger partial charge in [0.05, 0.1) is 0 Å². The molecule has 0 aliphatic carbocycles. The average molecular weight is 199 g/mol. The highest BCUT2D eigenvalue weighted by Gasteiger charge is 2.22. The fourth-order valence-corrected chi connectivity index (χ4v) is 1.64. The van der Waals surface area contributed by atoms with Crippen molar-refractivity contribution in [3.05, 3.63) is 60.7 Å². The second kappa shape index (κ2) is 3.89. The van der Waals surface area contributed by atoms with Crippen molar-refractivity contribution >= 4 is 17.5 Å². The maximum atomic E-state index is 10.1. The van der Waals surface area contributed by atoms with Gasteiger partial charge in [0.1, 0.15) is 0 Å². The number of rotatable bonds is 2. The topological polar surface area (TPSA) is 40.5 Å². The lowest BCUT2D eigenvalue weighted by molar-refractivity contribution is 0.401. The highest BCUT2D eigenvalue weighted by Crippen LogP contribution is 1.97. The summed E-state index contributed by atoms with van der Waals surface area (Å²) in [6, 6.07) is 17.7. The quantitative estimate of drug-likeness (QED) is 0.679. The van der Waals surface area contributed by atoms with Crippen LogP contribution in [0.25, 0.3) is 0 Å². The molecule has 2 nitrogen and oxygen atoms in total. The van der Waals surface area contributed by atoms with Crippen LogP contribution in [-0.4, -0.2) is 16.6 Å². The molecule has 0 unspecified atom stereocenters. The molecule has 0 atom stereocenters. The highest BCUT2D eigenvalue weighted by molar-refractivity contribution is 6.90. The molecule has 2 N–H and O–H groups in total. The summed E-state index contributed by atoms with van der Waals surface area (Å²) in [5, 5.41) is 20.2. The van der Waals surface area contributed by atoms with Crippen LogP contribution >= 0.6 is 0 Å². The van der Waals surface area contributed by atoms with Gasteiger partial charge in [-0.3, -0.25) is 0 Å². The molecule has 3 heteroatoms. The van der Waals surface area contributed by atoms with Gasteiger partial charge in [0.2, 0.25) is 0 Å². The van der Waals surface area contributed by atoms with Crippen molar-refractivity contribution in [2.75, 3.05) is 0 Å². The Morgan fingerprint density at radius 3 is 1.27 bits per heavy atom. The van der Waals surface area contributed by atoms with Crippen molar-refractivity contribution in [3.8, 4) is 0 Å². The number of benzene rings is 2. The molecule has 0 amide bonds. The van der Waals surface area contributed by atoms with Gasteiger partial charge in [-0.15, -0.1) is 10.9 Å². The Kier molecular flexibility index (Phi) is 2.58. The lowest BCUT2D eigenvalue weighted by atomic mass is 9.47. The second-order valence-corrected chi connectivity index (χ2v) is 3.60. The predicted octanol–water partition coefficient (Wildman–Crippen LogP) is 0.228. The van der Waals surface area contributed by atoms with Crippen molar-refractivity contribution in [1.29, 1.82) is 0 Å². The average Bonchev–Trinajstić information content (AvgIpc) is 2.31. The molecule has 0 aliphatic rings. The minimum Gasteiger partial charge on any atom is -0.576 e. The van der Waals surface area contributed by atoms with Crippen molar-refractivity contribution < 1.29 is 10.0 Å². The lowest BCUT2D eigenvalue weighted by Gasteiger charge is -2.29. The molecule has 0 aliphatic heterocycles. The molecule has 0 radical (unpaired) electrons. The molecule has 0 saturated heterocycles. The minimum absolute atomic E-state index is 0.531. The first-order valence-electron chi connectivity index (χ1n) is 4.92. The van der Waals surface area contributed by atoms with Crippen LogP contribution in [0.15, 0.2) is 60.7 Å². The summed E-state index contributed by atoms with van der Waals surface area (Å²) in [4.78, 5) is 0. The molecular formula is C12H12BO2-. The van der Waals surface area contributed by atoms with Crippen LogP contribution in [0.4, 0.5) is 0 Å².